The summed E-state index contributed by atoms with van der Waals surface area (Å²) in [7, 11) is 0. The monoisotopic (exact) mass is 200 g/mol. The smallest absolute Gasteiger partial charge is 0.150 e. The second kappa shape index (κ2) is 4.19. The van der Waals surface area contributed by atoms with Gasteiger partial charge in [-0.2, -0.15) is 0 Å². The number of rotatable bonds is 3. The first-order valence-electron chi connectivity index (χ1n) is 4.85. The number of nitrogens with zero attached hydrogens (tertiary/aromatic N) is 1. The maximum absolute atomic E-state index is 11.3. The number of Topliss-reactive ketones (excluding diaryl/α,β-unsaturated/α-hetero) is 1. The van der Waals surface area contributed by atoms with Gasteiger partial charge in [0.2, 0.25) is 0 Å². The Bertz CT molecular complexity index is 488. The first-order valence-corrected chi connectivity index (χ1v) is 4.85. The van der Waals surface area contributed by atoms with Crippen LogP contribution in [-0.2, 0) is 11.2 Å². The van der Waals surface area contributed by atoms with E-state index < -0.39 is 0 Å². The normalized spacial score (nSPS) is 10.5. The molecule has 0 amide bonds. The third kappa shape index (κ3) is 2.02. The number of para-hydroxylation sites is 1. The Morgan fingerprint density at radius 1 is 1.27 bits per heavy atom. The molecule has 0 aliphatic rings. The van der Waals surface area contributed by atoms with Crippen molar-refractivity contribution in [3.05, 3.63) is 42.1 Å². The van der Waals surface area contributed by atoms with Crippen LogP contribution in [0.15, 0.2) is 36.5 Å². The molecule has 0 atom stereocenters. The van der Waals surface area contributed by atoms with Crippen LogP contribution < -0.4 is 5.73 Å². The second-order valence-electron chi connectivity index (χ2n) is 3.41. The predicted molar refractivity (Wildman–Crippen MR) is 59.5 cm³/mol. The molecule has 15 heavy (non-hydrogen) atoms. The Labute approximate surface area is 87.9 Å². The molecule has 0 saturated carbocycles. The van der Waals surface area contributed by atoms with Crippen molar-refractivity contribution in [3.8, 4) is 0 Å². The van der Waals surface area contributed by atoms with Gasteiger partial charge in [-0.05, 0) is 17.7 Å². The van der Waals surface area contributed by atoms with Crippen molar-refractivity contribution < 1.29 is 4.79 Å². The summed E-state index contributed by atoms with van der Waals surface area (Å²) in [5, 5.41) is 1.03. The molecule has 2 N–H and O–H groups in total. The molecule has 1 heterocycles. The molecule has 1 aromatic heterocycles. The SMILES string of the molecule is NCC(=O)Cc1ccnc2ccccc12. The molecule has 2 rings (SSSR count). The molecule has 0 unspecified atom stereocenters. The fourth-order valence-corrected chi connectivity index (χ4v) is 1.59. The molecule has 1 aromatic carbocycles. The molecule has 76 valence electrons. The summed E-state index contributed by atoms with van der Waals surface area (Å²) in [5.74, 6) is 0.0475. The molecule has 3 heteroatoms. The van der Waals surface area contributed by atoms with Gasteiger partial charge in [0.25, 0.3) is 0 Å². The van der Waals surface area contributed by atoms with Crippen molar-refractivity contribution in [2.24, 2.45) is 5.73 Å². The van der Waals surface area contributed by atoms with Crippen molar-refractivity contribution in [2.45, 2.75) is 6.42 Å². The van der Waals surface area contributed by atoms with Crippen LogP contribution in [-0.4, -0.2) is 17.3 Å². The molecule has 2 aromatic rings. The molecule has 0 aliphatic heterocycles. The third-order valence-electron chi connectivity index (χ3n) is 2.35. The quantitative estimate of drug-likeness (QED) is 0.812. The summed E-state index contributed by atoms with van der Waals surface area (Å²) in [4.78, 5) is 15.5. The molecule has 0 saturated heterocycles. The van der Waals surface area contributed by atoms with E-state index in [0.29, 0.717) is 6.42 Å². The number of benzene rings is 1. The number of hydrogen-bond acceptors (Lipinski definition) is 3. The highest BCUT2D eigenvalue weighted by Gasteiger charge is 2.05. The van der Waals surface area contributed by atoms with E-state index in [1.165, 1.54) is 0 Å². The highest BCUT2D eigenvalue weighted by Crippen LogP contribution is 2.16. The summed E-state index contributed by atoms with van der Waals surface area (Å²) in [6.45, 7) is 0.0939. The number of carbonyl (C=O) groups is 1. The standard InChI is InChI=1S/C12H12N2O/c13-8-10(15)7-9-5-6-14-12-4-2-1-3-11(9)12/h1-6H,7-8,13H2. The number of fused-ring (bicyclic) bond motifs is 1. The van der Waals surface area contributed by atoms with Gasteiger partial charge in [0, 0.05) is 18.0 Å². The fourth-order valence-electron chi connectivity index (χ4n) is 1.59. The summed E-state index contributed by atoms with van der Waals surface area (Å²) in [6.07, 6.45) is 2.11. The summed E-state index contributed by atoms with van der Waals surface area (Å²) >= 11 is 0. The van der Waals surface area contributed by atoms with Gasteiger partial charge in [0.15, 0.2) is 5.78 Å². The maximum Gasteiger partial charge on any atom is 0.150 e. The minimum absolute atomic E-state index is 0.0475. The van der Waals surface area contributed by atoms with E-state index in [9.17, 15) is 4.79 Å². The minimum Gasteiger partial charge on any atom is -0.324 e. The molecule has 0 bridgehead atoms. The lowest BCUT2D eigenvalue weighted by Crippen LogP contribution is -2.15. The Balaban J connectivity index is 2.46. The van der Waals surface area contributed by atoms with Crippen LogP contribution in [0.25, 0.3) is 10.9 Å². The van der Waals surface area contributed by atoms with Crippen LogP contribution in [0.3, 0.4) is 0 Å². The van der Waals surface area contributed by atoms with E-state index in [1.807, 2.05) is 30.3 Å². The number of pyridine rings is 1. The number of aromatic nitrogens is 1. The zero-order valence-electron chi connectivity index (χ0n) is 8.31. The molecule has 3 nitrogen and oxygen atoms in total. The minimum atomic E-state index is 0.0475. The zero-order valence-corrected chi connectivity index (χ0v) is 8.31. The summed E-state index contributed by atoms with van der Waals surface area (Å²) < 4.78 is 0. The van der Waals surface area contributed by atoms with Crippen LogP contribution in [0.4, 0.5) is 0 Å². The van der Waals surface area contributed by atoms with E-state index >= 15 is 0 Å². The summed E-state index contributed by atoms with van der Waals surface area (Å²) in [6, 6.07) is 9.66. The first-order chi connectivity index (χ1) is 7.31. The van der Waals surface area contributed by atoms with E-state index in [0.717, 1.165) is 16.5 Å². The first kappa shape index (κ1) is 9.80. The fraction of sp³-hybridized carbons (Fsp3) is 0.167. The Hall–Kier alpha value is -1.74. The van der Waals surface area contributed by atoms with Crippen molar-refractivity contribution in [1.82, 2.24) is 4.98 Å². The largest absolute Gasteiger partial charge is 0.324 e. The number of carbonyl (C=O) groups excluding carboxylic acids is 1. The van der Waals surface area contributed by atoms with Gasteiger partial charge in [-0.15, -0.1) is 0 Å². The topological polar surface area (TPSA) is 56.0 Å². The van der Waals surface area contributed by atoms with Crippen LogP contribution in [0, 0.1) is 0 Å². The molecule has 0 aliphatic carbocycles. The summed E-state index contributed by atoms with van der Waals surface area (Å²) in [5.41, 5.74) is 7.21. The van der Waals surface area contributed by atoms with E-state index in [-0.39, 0.29) is 12.3 Å². The third-order valence-corrected chi connectivity index (χ3v) is 2.35. The van der Waals surface area contributed by atoms with Gasteiger partial charge in [0.1, 0.15) is 0 Å². The Morgan fingerprint density at radius 2 is 2.07 bits per heavy atom. The van der Waals surface area contributed by atoms with Crippen LogP contribution >= 0.6 is 0 Å². The van der Waals surface area contributed by atoms with Gasteiger partial charge in [-0.1, -0.05) is 18.2 Å². The number of nitrogens with two attached hydrogens (primary N) is 1. The lowest BCUT2D eigenvalue weighted by Gasteiger charge is -2.03. The van der Waals surface area contributed by atoms with Crippen LogP contribution in [0.5, 0.6) is 0 Å². The molecule has 0 radical (unpaired) electrons. The molecule has 0 fully saturated rings. The zero-order chi connectivity index (χ0) is 10.7. The van der Waals surface area contributed by atoms with E-state index in [1.54, 1.807) is 6.20 Å². The van der Waals surface area contributed by atoms with Crippen molar-refractivity contribution >= 4 is 16.7 Å². The van der Waals surface area contributed by atoms with Crippen molar-refractivity contribution in [1.29, 1.82) is 0 Å². The Kier molecular flexibility index (Phi) is 2.74. The van der Waals surface area contributed by atoms with E-state index in [4.69, 9.17) is 5.73 Å². The van der Waals surface area contributed by atoms with Gasteiger partial charge in [0.05, 0.1) is 12.1 Å². The number of ketones is 1. The van der Waals surface area contributed by atoms with Gasteiger partial charge < -0.3 is 5.73 Å². The maximum atomic E-state index is 11.3. The molecular formula is C12H12N2O. The molecule has 0 spiro atoms. The van der Waals surface area contributed by atoms with Gasteiger partial charge in [-0.25, -0.2) is 0 Å². The average molecular weight is 200 g/mol. The van der Waals surface area contributed by atoms with E-state index in [2.05, 4.69) is 4.98 Å². The predicted octanol–water partition coefficient (Wildman–Crippen LogP) is 1.31. The van der Waals surface area contributed by atoms with Crippen LogP contribution in [0.2, 0.25) is 0 Å². The lowest BCUT2D eigenvalue weighted by molar-refractivity contribution is -0.117. The van der Waals surface area contributed by atoms with Crippen molar-refractivity contribution in [2.75, 3.05) is 6.54 Å². The second-order valence-corrected chi connectivity index (χ2v) is 3.41. The number of hydrogen-bond donors (Lipinski definition) is 1. The van der Waals surface area contributed by atoms with Crippen LogP contribution in [0.1, 0.15) is 5.56 Å². The van der Waals surface area contributed by atoms with Gasteiger partial charge in [-0.3, -0.25) is 9.78 Å². The highest BCUT2D eigenvalue weighted by atomic mass is 16.1. The Morgan fingerprint density at radius 3 is 2.87 bits per heavy atom. The molecular weight excluding hydrogens is 188 g/mol. The highest BCUT2D eigenvalue weighted by molar-refractivity contribution is 5.89. The lowest BCUT2D eigenvalue weighted by atomic mass is 10.0. The average Bonchev–Trinajstić information content (AvgIpc) is 2.29. The van der Waals surface area contributed by atoms with Gasteiger partial charge >= 0.3 is 0 Å². The van der Waals surface area contributed by atoms with Crippen molar-refractivity contribution in [3.63, 3.8) is 0 Å².